The SMILES string of the molecule is CC(C[C@@H](C)[C@H]1CCC2C3CC[C@@H]4C[C@H](O)CC[C@]4(C)C3C[C@H](O)[C@@]21C)C(=O)O. The summed E-state index contributed by atoms with van der Waals surface area (Å²) in [4.78, 5) is 11.4. The molecule has 4 saturated carbocycles. The predicted octanol–water partition coefficient (Wildman–Crippen LogP) is 4.72. The molecule has 4 heteroatoms. The molecule has 0 radical (unpaired) electrons. The third-order valence-corrected chi connectivity index (χ3v) is 10.7. The van der Waals surface area contributed by atoms with Gasteiger partial charge in [-0.15, -0.1) is 0 Å². The number of carboxylic acid groups (broad SMARTS) is 1. The minimum absolute atomic E-state index is 0.0732. The zero-order valence-corrected chi connectivity index (χ0v) is 18.8. The van der Waals surface area contributed by atoms with Crippen LogP contribution in [0, 0.1) is 52.3 Å². The molecule has 0 aromatic rings. The standard InChI is InChI=1S/C25H42O4/c1-14(11-15(2)23(28)29)19-7-8-20-18-6-5-16-12-17(26)9-10-24(16,3)21(18)13-22(27)25(19,20)4/h14-22,26-27H,5-13H2,1-4H3,(H,28,29)/t14-,15?,16-,17-,18?,19-,20?,21?,22+,24+,25-/m1/s1. The highest BCUT2D eigenvalue weighted by molar-refractivity contribution is 5.69. The van der Waals surface area contributed by atoms with E-state index in [1.807, 2.05) is 6.92 Å². The number of aliphatic hydroxyl groups excluding tert-OH is 2. The van der Waals surface area contributed by atoms with Crippen LogP contribution in [0.3, 0.4) is 0 Å². The lowest BCUT2D eigenvalue weighted by Crippen LogP contribution is -2.58. The third-order valence-electron chi connectivity index (χ3n) is 10.7. The van der Waals surface area contributed by atoms with E-state index in [9.17, 15) is 20.1 Å². The van der Waals surface area contributed by atoms with Crippen LogP contribution in [0.15, 0.2) is 0 Å². The van der Waals surface area contributed by atoms with E-state index in [1.54, 1.807) is 0 Å². The van der Waals surface area contributed by atoms with E-state index in [1.165, 1.54) is 19.3 Å². The van der Waals surface area contributed by atoms with Gasteiger partial charge in [0.25, 0.3) is 0 Å². The number of aliphatic carboxylic acids is 1. The number of hydrogen-bond acceptors (Lipinski definition) is 3. The van der Waals surface area contributed by atoms with E-state index < -0.39 is 5.97 Å². The predicted molar refractivity (Wildman–Crippen MR) is 113 cm³/mol. The number of carbonyl (C=O) groups is 1. The first-order valence-corrected chi connectivity index (χ1v) is 12.2. The van der Waals surface area contributed by atoms with Crippen molar-refractivity contribution in [2.45, 2.75) is 97.7 Å². The van der Waals surface area contributed by atoms with E-state index in [-0.39, 0.29) is 29.0 Å². The maximum atomic E-state index is 11.5. The molecule has 4 rings (SSSR count). The molecule has 0 bridgehead atoms. The quantitative estimate of drug-likeness (QED) is 0.631. The molecule has 166 valence electrons. The van der Waals surface area contributed by atoms with Gasteiger partial charge in [-0.3, -0.25) is 4.79 Å². The highest BCUT2D eigenvalue weighted by Crippen LogP contribution is 2.68. The van der Waals surface area contributed by atoms with E-state index in [4.69, 9.17) is 0 Å². The fourth-order valence-corrected chi connectivity index (χ4v) is 8.98. The Kier molecular flexibility index (Phi) is 5.60. The monoisotopic (exact) mass is 406 g/mol. The zero-order chi connectivity index (χ0) is 21.1. The number of rotatable bonds is 4. The molecule has 0 aromatic carbocycles. The molecule has 0 saturated heterocycles. The van der Waals surface area contributed by atoms with Gasteiger partial charge < -0.3 is 15.3 Å². The molecule has 0 spiro atoms. The van der Waals surface area contributed by atoms with Crippen molar-refractivity contribution in [3.05, 3.63) is 0 Å². The highest BCUT2D eigenvalue weighted by atomic mass is 16.4. The van der Waals surface area contributed by atoms with Gasteiger partial charge in [-0.1, -0.05) is 27.7 Å². The van der Waals surface area contributed by atoms with Gasteiger partial charge in [-0.25, -0.2) is 0 Å². The van der Waals surface area contributed by atoms with Crippen molar-refractivity contribution in [1.82, 2.24) is 0 Å². The Morgan fingerprint density at radius 1 is 1.00 bits per heavy atom. The van der Waals surface area contributed by atoms with Crippen molar-refractivity contribution < 1.29 is 20.1 Å². The van der Waals surface area contributed by atoms with Crippen molar-refractivity contribution in [2.24, 2.45) is 52.3 Å². The first-order valence-electron chi connectivity index (χ1n) is 12.2. The Balaban J connectivity index is 1.57. The van der Waals surface area contributed by atoms with Gasteiger partial charge in [0.05, 0.1) is 18.1 Å². The van der Waals surface area contributed by atoms with Crippen molar-refractivity contribution in [3.63, 3.8) is 0 Å². The molecule has 0 heterocycles. The van der Waals surface area contributed by atoms with Gasteiger partial charge in [-0.05, 0) is 104 Å². The minimum atomic E-state index is -0.702. The first-order chi connectivity index (χ1) is 13.6. The smallest absolute Gasteiger partial charge is 0.306 e. The second kappa shape index (κ2) is 7.51. The van der Waals surface area contributed by atoms with E-state index in [2.05, 4.69) is 20.8 Å². The molecule has 4 nitrogen and oxygen atoms in total. The molecule has 4 fully saturated rings. The summed E-state index contributed by atoms with van der Waals surface area (Å²) in [5, 5.41) is 31.1. The van der Waals surface area contributed by atoms with Gasteiger partial charge in [0.15, 0.2) is 0 Å². The molecule has 4 unspecified atom stereocenters. The summed E-state index contributed by atoms with van der Waals surface area (Å²) in [7, 11) is 0. The zero-order valence-electron chi connectivity index (χ0n) is 18.8. The second-order valence-electron chi connectivity index (χ2n) is 11.8. The summed E-state index contributed by atoms with van der Waals surface area (Å²) in [6.07, 6.45) is 8.96. The Morgan fingerprint density at radius 3 is 2.41 bits per heavy atom. The summed E-state index contributed by atoms with van der Waals surface area (Å²) in [5.41, 5.74) is 0.197. The number of carboxylic acids is 1. The van der Waals surface area contributed by atoms with Crippen molar-refractivity contribution in [1.29, 1.82) is 0 Å². The third kappa shape index (κ3) is 3.28. The van der Waals surface area contributed by atoms with E-state index in [0.29, 0.717) is 41.9 Å². The molecule has 0 aromatic heterocycles. The van der Waals surface area contributed by atoms with Gasteiger partial charge in [0.1, 0.15) is 0 Å². The molecule has 4 aliphatic carbocycles. The molecule has 29 heavy (non-hydrogen) atoms. The van der Waals surface area contributed by atoms with Crippen molar-refractivity contribution in [2.75, 3.05) is 0 Å². The largest absolute Gasteiger partial charge is 0.481 e. The summed E-state index contributed by atoms with van der Waals surface area (Å²) in [6, 6.07) is 0. The van der Waals surface area contributed by atoms with Crippen LogP contribution in [0.25, 0.3) is 0 Å². The highest BCUT2D eigenvalue weighted by Gasteiger charge is 2.63. The maximum absolute atomic E-state index is 11.5. The van der Waals surface area contributed by atoms with Crippen LogP contribution in [0.5, 0.6) is 0 Å². The van der Waals surface area contributed by atoms with Crippen LogP contribution in [0.2, 0.25) is 0 Å². The summed E-state index contributed by atoms with van der Waals surface area (Å²) in [6.45, 7) is 8.83. The molecule has 0 aliphatic heterocycles. The lowest BCUT2D eigenvalue weighted by molar-refractivity contribution is -0.175. The Hall–Kier alpha value is -0.610. The first kappa shape index (κ1) is 21.6. The van der Waals surface area contributed by atoms with Crippen molar-refractivity contribution >= 4 is 5.97 Å². The summed E-state index contributed by atoms with van der Waals surface area (Å²) < 4.78 is 0. The number of aliphatic hydroxyl groups is 2. The molecular weight excluding hydrogens is 364 g/mol. The summed E-state index contributed by atoms with van der Waals surface area (Å²) in [5.74, 6) is 2.17. The number of hydrogen-bond donors (Lipinski definition) is 3. The van der Waals surface area contributed by atoms with Crippen LogP contribution in [-0.4, -0.2) is 33.5 Å². The second-order valence-corrected chi connectivity index (χ2v) is 11.8. The maximum Gasteiger partial charge on any atom is 0.306 e. The Bertz CT molecular complexity index is 634. The van der Waals surface area contributed by atoms with Crippen LogP contribution in [-0.2, 0) is 4.79 Å². The molecule has 3 N–H and O–H groups in total. The lowest BCUT2D eigenvalue weighted by Gasteiger charge is -2.62. The summed E-state index contributed by atoms with van der Waals surface area (Å²) >= 11 is 0. The average molecular weight is 407 g/mol. The number of fused-ring (bicyclic) bond motifs is 5. The van der Waals surface area contributed by atoms with Crippen LogP contribution in [0.4, 0.5) is 0 Å². The van der Waals surface area contributed by atoms with Gasteiger partial charge in [0, 0.05) is 0 Å². The fraction of sp³-hybridized carbons (Fsp3) is 0.960. The van der Waals surface area contributed by atoms with Crippen LogP contribution in [0.1, 0.15) is 85.5 Å². The van der Waals surface area contributed by atoms with Crippen molar-refractivity contribution in [3.8, 4) is 0 Å². The fourth-order valence-electron chi connectivity index (χ4n) is 8.98. The Morgan fingerprint density at radius 2 is 1.72 bits per heavy atom. The lowest BCUT2D eigenvalue weighted by atomic mass is 9.43. The van der Waals surface area contributed by atoms with Gasteiger partial charge >= 0.3 is 5.97 Å². The topological polar surface area (TPSA) is 77.8 Å². The van der Waals surface area contributed by atoms with Crippen LogP contribution < -0.4 is 0 Å². The van der Waals surface area contributed by atoms with E-state index in [0.717, 1.165) is 32.1 Å². The molecular formula is C25H42O4. The molecule has 0 amide bonds. The molecule has 4 aliphatic rings. The average Bonchev–Trinajstić information content (AvgIpc) is 3.02. The van der Waals surface area contributed by atoms with Crippen LogP contribution >= 0.6 is 0 Å². The minimum Gasteiger partial charge on any atom is -0.481 e. The Labute approximate surface area is 176 Å². The normalized spacial score (nSPS) is 51.4. The van der Waals surface area contributed by atoms with Gasteiger partial charge in [-0.2, -0.15) is 0 Å². The van der Waals surface area contributed by atoms with E-state index >= 15 is 0 Å². The van der Waals surface area contributed by atoms with Gasteiger partial charge in [0.2, 0.25) is 0 Å². The molecule has 11 atom stereocenters.